The highest BCUT2D eigenvalue weighted by atomic mass is 35.5. The summed E-state index contributed by atoms with van der Waals surface area (Å²) in [4.78, 5) is 12.6. The van der Waals surface area contributed by atoms with Crippen LogP contribution in [0.3, 0.4) is 0 Å². The van der Waals surface area contributed by atoms with Gasteiger partial charge in [0.05, 0.1) is 23.5 Å². The average Bonchev–Trinajstić information content (AvgIpc) is 3.09. The largest absolute Gasteiger partial charge is 0.379 e. The van der Waals surface area contributed by atoms with Crippen LogP contribution in [-0.2, 0) is 19.6 Å². The molecule has 25 heavy (non-hydrogen) atoms. The molecule has 138 valence electrons. The fraction of sp³-hybridized carbons (Fsp3) is 0.562. The second kappa shape index (κ2) is 6.39. The molecular weight excluding hydrogens is 387 g/mol. The summed E-state index contributed by atoms with van der Waals surface area (Å²) in [5, 5.41) is 2.73. The molecule has 1 saturated carbocycles. The molecule has 1 aromatic rings. The second-order valence-electron chi connectivity index (χ2n) is 6.66. The molecule has 2 fully saturated rings. The fourth-order valence-corrected chi connectivity index (χ4v) is 5.16. The molecule has 1 amide bonds. The molecule has 1 atom stereocenters. The number of aryl methyl sites for hydroxylation is 1. The van der Waals surface area contributed by atoms with E-state index in [9.17, 15) is 13.2 Å². The van der Waals surface area contributed by atoms with E-state index in [-0.39, 0.29) is 10.8 Å². The van der Waals surface area contributed by atoms with Crippen LogP contribution in [0.5, 0.6) is 0 Å². The maximum absolute atomic E-state index is 12.9. The zero-order chi connectivity index (χ0) is 18.5. The van der Waals surface area contributed by atoms with Crippen LogP contribution in [0.25, 0.3) is 0 Å². The summed E-state index contributed by atoms with van der Waals surface area (Å²) in [6.45, 7) is 4.79. The van der Waals surface area contributed by atoms with Crippen molar-refractivity contribution in [1.29, 1.82) is 0 Å². The number of carbonyl (C=O) groups is 1. The van der Waals surface area contributed by atoms with E-state index in [1.54, 1.807) is 26.0 Å². The Hall–Kier alpha value is -0.860. The Bertz CT molecular complexity index is 806. The number of carbonyl (C=O) groups excluding carboxylic acids is 1. The van der Waals surface area contributed by atoms with Crippen molar-refractivity contribution < 1.29 is 17.9 Å². The van der Waals surface area contributed by atoms with E-state index in [0.29, 0.717) is 44.0 Å². The van der Waals surface area contributed by atoms with Gasteiger partial charge in [-0.25, -0.2) is 8.42 Å². The van der Waals surface area contributed by atoms with E-state index in [1.165, 1.54) is 10.4 Å². The van der Waals surface area contributed by atoms with Crippen LogP contribution >= 0.6 is 23.2 Å². The van der Waals surface area contributed by atoms with Gasteiger partial charge in [-0.05, 0) is 38.0 Å². The quantitative estimate of drug-likeness (QED) is 0.779. The lowest BCUT2D eigenvalue weighted by Crippen LogP contribution is -2.40. The third-order valence-corrected chi connectivity index (χ3v) is 7.93. The molecule has 3 rings (SSSR count). The first-order chi connectivity index (χ1) is 11.6. The Morgan fingerprint density at radius 3 is 2.44 bits per heavy atom. The predicted octanol–water partition coefficient (Wildman–Crippen LogP) is 2.54. The molecule has 1 aliphatic heterocycles. The van der Waals surface area contributed by atoms with Gasteiger partial charge in [0.1, 0.15) is 4.33 Å². The van der Waals surface area contributed by atoms with Gasteiger partial charge in [0.2, 0.25) is 15.9 Å². The van der Waals surface area contributed by atoms with E-state index in [1.807, 2.05) is 0 Å². The number of halogens is 2. The minimum absolute atomic E-state index is 0.177. The molecular formula is C16H20Cl2N2O4S. The third kappa shape index (κ3) is 3.40. The number of ether oxygens (including phenoxy) is 1. The Kier molecular flexibility index (Phi) is 4.83. The summed E-state index contributed by atoms with van der Waals surface area (Å²) in [6, 6.07) is 4.82. The van der Waals surface area contributed by atoms with Crippen LogP contribution in [0.15, 0.2) is 23.1 Å². The van der Waals surface area contributed by atoms with E-state index in [4.69, 9.17) is 27.9 Å². The summed E-state index contributed by atoms with van der Waals surface area (Å²) >= 11 is 12.1. The number of nitrogens with one attached hydrogen (secondary N) is 1. The molecule has 1 saturated heterocycles. The normalized spacial score (nSPS) is 26.2. The molecule has 0 radical (unpaired) electrons. The summed E-state index contributed by atoms with van der Waals surface area (Å²) in [5.41, 5.74) is 0.149. The first-order valence-corrected chi connectivity index (χ1v) is 10.2. The highest BCUT2D eigenvalue weighted by Crippen LogP contribution is 2.64. The molecule has 0 bridgehead atoms. The molecule has 0 aromatic heterocycles. The van der Waals surface area contributed by atoms with Crippen molar-refractivity contribution in [3.05, 3.63) is 23.8 Å². The van der Waals surface area contributed by atoms with E-state index in [0.717, 1.165) is 0 Å². The van der Waals surface area contributed by atoms with Gasteiger partial charge in [0, 0.05) is 18.8 Å². The zero-order valence-electron chi connectivity index (χ0n) is 14.0. The van der Waals surface area contributed by atoms with Crippen LogP contribution < -0.4 is 5.32 Å². The van der Waals surface area contributed by atoms with Gasteiger partial charge in [-0.2, -0.15) is 4.31 Å². The van der Waals surface area contributed by atoms with E-state index >= 15 is 0 Å². The molecule has 0 spiro atoms. The monoisotopic (exact) mass is 406 g/mol. The highest BCUT2D eigenvalue weighted by Gasteiger charge is 2.67. The van der Waals surface area contributed by atoms with Crippen LogP contribution in [-0.4, -0.2) is 49.3 Å². The van der Waals surface area contributed by atoms with Gasteiger partial charge in [0.25, 0.3) is 0 Å². The summed E-state index contributed by atoms with van der Waals surface area (Å²) < 4.78 is 31.3. The number of sulfonamides is 1. The van der Waals surface area contributed by atoms with Gasteiger partial charge in [0.15, 0.2) is 0 Å². The number of rotatable bonds is 4. The van der Waals surface area contributed by atoms with Crippen molar-refractivity contribution >= 4 is 44.8 Å². The van der Waals surface area contributed by atoms with Crippen LogP contribution in [0.1, 0.15) is 18.9 Å². The SMILES string of the molecule is Cc1ccc(NC(=O)C2(C)CC2(Cl)Cl)cc1S(=O)(=O)N1CCOCC1. The topological polar surface area (TPSA) is 75.7 Å². The first kappa shape index (κ1) is 18.9. The number of amides is 1. The van der Waals surface area contributed by atoms with Gasteiger partial charge in [-0.1, -0.05) is 6.07 Å². The number of nitrogens with zero attached hydrogens (tertiary/aromatic N) is 1. The van der Waals surface area contributed by atoms with Crippen molar-refractivity contribution in [3.63, 3.8) is 0 Å². The second-order valence-corrected chi connectivity index (χ2v) is 10.1. The smallest absolute Gasteiger partial charge is 0.243 e. The summed E-state index contributed by atoms with van der Waals surface area (Å²) in [7, 11) is -3.64. The third-order valence-electron chi connectivity index (χ3n) is 4.79. The van der Waals surface area contributed by atoms with Crippen molar-refractivity contribution in [2.45, 2.75) is 29.5 Å². The number of benzene rings is 1. The maximum atomic E-state index is 12.9. The highest BCUT2D eigenvalue weighted by molar-refractivity contribution is 7.89. The Morgan fingerprint density at radius 2 is 1.88 bits per heavy atom. The lowest BCUT2D eigenvalue weighted by molar-refractivity contribution is -0.120. The van der Waals surface area contributed by atoms with E-state index in [2.05, 4.69) is 5.32 Å². The number of alkyl halides is 2. The van der Waals surface area contributed by atoms with Crippen LogP contribution in [0.2, 0.25) is 0 Å². The maximum Gasteiger partial charge on any atom is 0.243 e. The Balaban J connectivity index is 1.85. The van der Waals surface area contributed by atoms with Crippen molar-refractivity contribution in [2.24, 2.45) is 5.41 Å². The van der Waals surface area contributed by atoms with Crippen molar-refractivity contribution in [1.82, 2.24) is 4.31 Å². The van der Waals surface area contributed by atoms with Gasteiger partial charge in [-0.3, -0.25) is 4.79 Å². The number of morpholine rings is 1. The average molecular weight is 407 g/mol. The molecule has 1 unspecified atom stereocenters. The van der Waals surface area contributed by atoms with Gasteiger partial charge < -0.3 is 10.1 Å². The zero-order valence-corrected chi connectivity index (χ0v) is 16.3. The summed E-state index contributed by atoms with van der Waals surface area (Å²) in [6.07, 6.45) is 0.361. The van der Waals surface area contributed by atoms with Crippen LogP contribution in [0, 0.1) is 12.3 Å². The molecule has 1 aromatic carbocycles. The number of hydrogen-bond donors (Lipinski definition) is 1. The lowest BCUT2D eigenvalue weighted by atomic mass is 10.1. The molecule has 6 nitrogen and oxygen atoms in total. The molecule has 2 aliphatic rings. The summed E-state index contributed by atoms with van der Waals surface area (Å²) in [5.74, 6) is -0.323. The fourth-order valence-electron chi connectivity index (χ4n) is 2.80. The van der Waals surface area contributed by atoms with Crippen molar-refractivity contribution in [3.8, 4) is 0 Å². The molecule has 1 heterocycles. The predicted molar refractivity (Wildman–Crippen MR) is 96.5 cm³/mol. The van der Waals surface area contributed by atoms with Gasteiger partial charge >= 0.3 is 0 Å². The molecule has 1 aliphatic carbocycles. The minimum atomic E-state index is -3.64. The standard InChI is InChI=1S/C16H20Cl2N2O4S/c1-11-3-4-12(19-14(21)15(2)10-16(15,17)18)9-13(11)25(22,23)20-5-7-24-8-6-20/h3-4,9H,5-8,10H2,1-2H3,(H,19,21). The van der Waals surface area contributed by atoms with Gasteiger partial charge in [-0.15, -0.1) is 23.2 Å². The number of anilines is 1. The number of hydrogen-bond acceptors (Lipinski definition) is 4. The Labute approximate surface area is 157 Å². The molecule has 9 heteroatoms. The van der Waals surface area contributed by atoms with Crippen molar-refractivity contribution in [2.75, 3.05) is 31.6 Å². The van der Waals surface area contributed by atoms with Crippen LogP contribution in [0.4, 0.5) is 5.69 Å². The first-order valence-electron chi connectivity index (χ1n) is 7.96. The lowest BCUT2D eigenvalue weighted by Gasteiger charge is -2.27. The molecule has 1 N–H and O–H groups in total. The van der Waals surface area contributed by atoms with E-state index < -0.39 is 19.8 Å². The Morgan fingerprint density at radius 1 is 1.28 bits per heavy atom. The minimum Gasteiger partial charge on any atom is -0.379 e.